The zero-order chi connectivity index (χ0) is 21.7. The molecule has 158 valence electrons. The minimum atomic E-state index is -0.735. The number of benzene rings is 1. The largest absolute Gasteiger partial charge is 0.329 e. The molecule has 0 saturated heterocycles. The van der Waals surface area contributed by atoms with Crippen LogP contribution in [0.5, 0.6) is 0 Å². The highest BCUT2D eigenvalue weighted by molar-refractivity contribution is 7.16. The van der Waals surface area contributed by atoms with Crippen molar-refractivity contribution >= 4 is 28.6 Å². The van der Waals surface area contributed by atoms with Gasteiger partial charge in [0.05, 0.1) is 12.2 Å². The second-order valence-electron chi connectivity index (χ2n) is 7.41. The lowest BCUT2D eigenvalue weighted by molar-refractivity contribution is 0.0666. The number of halogens is 2. The van der Waals surface area contributed by atoms with Crippen LogP contribution >= 0.6 is 22.7 Å². The van der Waals surface area contributed by atoms with Gasteiger partial charge in [-0.05, 0) is 36.1 Å². The number of carbonyl (C=O) groups excluding carboxylic acids is 1. The average molecular weight is 458 g/mol. The van der Waals surface area contributed by atoms with E-state index in [4.69, 9.17) is 0 Å². The Hall–Kier alpha value is -2.98. The lowest BCUT2D eigenvalue weighted by Gasteiger charge is -2.37. The Labute approximate surface area is 184 Å². The monoisotopic (exact) mass is 457 g/mol. The van der Waals surface area contributed by atoms with Gasteiger partial charge in [0.25, 0.3) is 5.91 Å². The van der Waals surface area contributed by atoms with Crippen molar-refractivity contribution in [2.75, 3.05) is 6.54 Å². The first-order valence-electron chi connectivity index (χ1n) is 9.58. The molecule has 2 atom stereocenters. The van der Waals surface area contributed by atoms with Crippen LogP contribution in [-0.2, 0) is 7.05 Å². The zero-order valence-electron chi connectivity index (χ0n) is 16.6. The summed E-state index contributed by atoms with van der Waals surface area (Å²) in [6.07, 6.45) is 3.79. The van der Waals surface area contributed by atoms with Crippen molar-refractivity contribution in [1.82, 2.24) is 24.9 Å². The average Bonchev–Trinajstić information content (AvgIpc) is 3.48. The van der Waals surface area contributed by atoms with Gasteiger partial charge >= 0.3 is 0 Å². The van der Waals surface area contributed by atoms with Crippen molar-refractivity contribution in [3.63, 3.8) is 0 Å². The molecule has 1 aliphatic rings. The van der Waals surface area contributed by atoms with Gasteiger partial charge < -0.3 is 4.90 Å². The Morgan fingerprint density at radius 2 is 2.06 bits per heavy atom. The Kier molecular flexibility index (Phi) is 4.90. The number of aryl methyl sites for hydroxylation is 1. The van der Waals surface area contributed by atoms with E-state index in [0.29, 0.717) is 6.54 Å². The van der Waals surface area contributed by atoms with Crippen LogP contribution in [0.1, 0.15) is 44.7 Å². The van der Waals surface area contributed by atoms with Gasteiger partial charge in [-0.3, -0.25) is 9.48 Å². The molecule has 31 heavy (non-hydrogen) atoms. The first-order valence-corrected chi connectivity index (χ1v) is 11.3. The summed E-state index contributed by atoms with van der Waals surface area (Å²) in [5, 5.41) is 14.7. The number of hydrogen-bond donors (Lipinski definition) is 0. The number of aromatic nitrogens is 4. The lowest BCUT2D eigenvalue weighted by Crippen LogP contribution is -2.40. The van der Waals surface area contributed by atoms with E-state index in [1.807, 2.05) is 37.8 Å². The molecule has 1 amide bonds. The number of rotatable bonds is 3. The maximum atomic E-state index is 14.1. The molecular weight excluding hydrogens is 440 g/mol. The van der Waals surface area contributed by atoms with Crippen LogP contribution in [0.4, 0.5) is 8.78 Å². The van der Waals surface area contributed by atoms with Crippen LogP contribution in [0.3, 0.4) is 0 Å². The maximum Gasteiger partial charge on any atom is 0.285 e. The lowest BCUT2D eigenvalue weighted by atomic mass is 9.89. The van der Waals surface area contributed by atoms with Crippen molar-refractivity contribution < 1.29 is 13.6 Å². The number of nitrogens with zero attached hydrogens (tertiary/aromatic N) is 5. The summed E-state index contributed by atoms with van der Waals surface area (Å²) < 4.78 is 29.1. The standard InChI is InChI=1S/C21H17F2N5OS2/c1-11-14-5-6-30-18(14)16(12-8-24-27(2)9-12)10-28(11)21(29)20-26-25-19(31-20)15-4-3-13(22)7-17(15)23/h3-9,11,16H,10H2,1-2H3. The number of amides is 1. The fourth-order valence-electron chi connectivity index (χ4n) is 3.90. The topological polar surface area (TPSA) is 63.9 Å². The highest BCUT2D eigenvalue weighted by Crippen LogP contribution is 2.43. The number of hydrogen-bond acceptors (Lipinski definition) is 6. The molecule has 0 saturated carbocycles. The number of thiophene rings is 1. The molecule has 0 spiro atoms. The predicted molar refractivity (Wildman–Crippen MR) is 114 cm³/mol. The van der Waals surface area contributed by atoms with Gasteiger partial charge in [0.2, 0.25) is 5.01 Å². The summed E-state index contributed by atoms with van der Waals surface area (Å²) >= 11 is 2.69. The van der Waals surface area contributed by atoms with Crippen LogP contribution in [0.25, 0.3) is 10.6 Å². The summed E-state index contributed by atoms with van der Waals surface area (Å²) in [5.41, 5.74) is 2.27. The van der Waals surface area contributed by atoms with Crippen molar-refractivity contribution in [3.05, 3.63) is 74.7 Å². The Morgan fingerprint density at radius 3 is 2.81 bits per heavy atom. The molecular formula is C21H17F2N5OS2. The highest BCUT2D eigenvalue weighted by Gasteiger charge is 2.37. The van der Waals surface area contributed by atoms with Crippen LogP contribution < -0.4 is 0 Å². The summed E-state index contributed by atoms with van der Waals surface area (Å²) in [6.45, 7) is 2.48. The Bertz CT molecular complexity index is 1280. The van der Waals surface area contributed by atoms with Gasteiger partial charge in [-0.1, -0.05) is 11.3 Å². The second kappa shape index (κ2) is 7.61. The predicted octanol–water partition coefficient (Wildman–Crippen LogP) is 4.63. The van der Waals surface area contributed by atoms with E-state index in [2.05, 4.69) is 15.3 Å². The number of carbonyl (C=O) groups is 1. The minimum Gasteiger partial charge on any atom is -0.329 e. The summed E-state index contributed by atoms with van der Waals surface area (Å²) in [6, 6.07) is 5.18. The Balaban J connectivity index is 1.47. The fourth-order valence-corrected chi connectivity index (χ4v) is 5.84. The van der Waals surface area contributed by atoms with E-state index >= 15 is 0 Å². The van der Waals surface area contributed by atoms with E-state index < -0.39 is 11.6 Å². The molecule has 0 bridgehead atoms. The summed E-state index contributed by atoms with van der Waals surface area (Å²) in [7, 11) is 1.87. The van der Waals surface area contributed by atoms with Gasteiger partial charge in [0.1, 0.15) is 11.6 Å². The summed E-state index contributed by atoms with van der Waals surface area (Å²) in [4.78, 5) is 16.4. The van der Waals surface area contributed by atoms with Crippen molar-refractivity contribution in [1.29, 1.82) is 0 Å². The molecule has 0 fully saturated rings. The third-order valence-corrected chi connectivity index (χ3v) is 7.49. The molecule has 2 unspecified atom stereocenters. The smallest absolute Gasteiger partial charge is 0.285 e. The molecule has 4 heterocycles. The molecule has 3 aromatic heterocycles. The second-order valence-corrected chi connectivity index (χ2v) is 9.34. The molecule has 0 radical (unpaired) electrons. The molecule has 10 heteroatoms. The van der Waals surface area contributed by atoms with Crippen LogP contribution in [0.2, 0.25) is 0 Å². The molecule has 4 aromatic rings. The third kappa shape index (κ3) is 3.45. The Morgan fingerprint density at radius 1 is 1.23 bits per heavy atom. The van der Waals surface area contributed by atoms with Crippen LogP contribution in [-0.4, -0.2) is 37.3 Å². The summed E-state index contributed by atoms with van der Waals surface area (Å²) in [5.74, 6) is -1.64. The van der Waals surface area contributed by atoms with Gasteiger partial charge in [-0.15, -0.1) is 21.5 Å². The first-order chi connectivity index (χ1) is 14.9. The van der Waals surface area contributed by atoms with Crippen LogP contribution in [0, 0.1) is 11.6 Å². The quantitative estimate of drug-likeness (QED) is 0.450. The van der Waals surface area contributed by atoms with E-state index in [1.165, 1.54) is 10.9 Å². The minimum absolute atomic E-state index is 0.0192. The van der Waals surface area contributed by atoms with Gasteiger partial charge in [-0.2, -0.15) is 5.10 Å². The van der Waals surface area contributed by atoms with E-state index in [9.17, 15) is 13.6 Å². The van der Waals surface area contributed by atoms with Gasteiger partial charge in [0.15, 0.2) is 5.01 Å². The van der Waals surface area contributed by atoms with E-state index in [1.54, 1.807) is 20.9 Å². The van der Waals surface area contributed by atoms with Crippen LogP contribution in [0.15, 0.2) is 42.0 Å². The molecule has 1 aliphatic heterocycles. The first kappa shape index (κ1) is 20.0. The molecule has 0 aliphatic carbocycles. The SMILES string of the molecule is CC1c2ccsc2C(c2cnn(C)c2)CN1C(=O)c1nnc(-c2ccc(F)cc2F)s1. The van der Waals surface area contributed by atoms with Gasteiger partial charge in [0, 0.05) is 47.8 Å². The van der Waals surface area contributed by atoms with E-state index in [-0.39, 0.29) is 33.4 Å². The normalized spacial score (nSPS) is 18.3. The molecule has 1 aromatic carbocycles. The third-order valence-electron chi connectivity index (χ3n) is 5.50. The highest BCUT2D eigenvalue weighted by atomic mass is 32.1. The maximum absolute atomic E-state index is 14.1. The van der Waals surface area contributed by atoms with E-state index in [0.717, 1.165) is 34.6 Å². The molecule has 0 N–H and O–H groups in total. The zero-order valence-corrected chi connectivity index (χ0v) is 18.3. The molecule has 5 rings (SSSR count). The molecule has 6 nitrogen and oxygen atoms in total. The van der Waals surface area contributed by atoms with Crippen molar-refractivity contribution in [2.45, 2.75) is 18.9 Å². The van der Waals surface area contributed by atoms with Crippen molar-refractivity contribution in [3.8, 4) is 10.6 Å². The van der Waals surface area contributed by atoms with Crippen molar-refractivity contribution in [2.24, 2.45) is 7.05 Å². The fraction of sp³-hybridized carbons (Fsp3) is 0.238. The van der Waals surface area contributed by atoms with Gasteiger partial charge in [-0.25, -0.2) is 8.78 Å². The number of fused-ring (bicyclic) bond motifs is 1.